The Hall–Kier alpha value is -0.0400. The van der Waals surface area contributed by atoms with E-state index in [4.69, 9.17) is 0 Å². The maximum absolute atomic E-state index is 10.2. The van der Waals surface area contributed by atoms with Gasteiger partial charge in [-0.3, -0.25) is 0 Å². The highest BCUT2D eigenvalue weighted by Crippen LogP contribution is 2.55. The highest BCUT2D eigenvalue weighted by atomic mass is 16.3. The molecule has 0 aromatic carbocycles. The van der Waals surface area contributed by atoms with E-state index in [1.54, 1.807) is 0 Å². The van der Waals surface area contributed by atoms with E-state index in [1.165, 1.54) is 44.9 Å². The fourth-order valence-electron chi connectivity index (χ4n) is 3.96. The summed E-state index contributed by atoms with van der Waals surface area (Å²) in [4.78, 5) is 0. The van der Waals surface area contributed by atoms with Gasteiger partial charge in [0.1, 0.15) is 0 Å². The van der Waals surface area contributed by atoms with Crippen LogP contribution in [0.5, 0.6) is 0 Å². The molecule has 0 radical (unpaired) electrons. The smallest absolute Gasteiger partial charge is 0.0573 e. The second kappa shape index (κ2) is 4.22. The molecule has 0 aliphatic heterocycles. The van der Waals surface area contributed by atoms with E-state index >= 15 is 0 Å². The highest BCUT2D eigenvalue weighted by molar-refractivity contribution is 4.97. The molecule has 14 heavy (non-hydrogen) atoms. The highest BCUT2D eigenvalue weighted by Gasteiger charge is 2.46. The van der Waals surface area contributed by atoms with Crippen molar-refractivity contribution in [1.29, 1.82) is 0 Å². The lowest BCUT2D eigenvalue weighted by Crippen LogP contribution is -2.32. The van der Waals surface area contributed by atoms with Crippen LogP contribution in [0, 0.1) is 11.3 Å². The van der Waals surface area contributed by atoms with Crippen molar-refractivity contribution in [2.75, 3.05) is 0 Å². The molecule has 2 saturated carbocycles. The van der Waals surface area contributed by atoms with Crippen LogP contribution in [0.15, 0.2) is 0 Å². The molecule has 0 aromatic heterocycles. The van der Waals surface area contributed by atoms with Crippen molar-refractivity contribution in [3.63, 3.8) is 0 Å². The Balaban J connectivity index is 2.02. The Morgan fingerprint density at radius 3 is 2.50 bits per heavy atom. The molecule has 1 spiro atoms. The molecule has 2 atom stereocenters. The summed E-state index contributed by atoms with van der Waals surface area (Å²) in [7, 11) is 0. The van der Waals surface area contributed by atoms with Gasteiger partial charge in [-0.05, 0) is 43.4 Å². The maximum atomic E-state index is 10.2. The molecule has 2 fully saturated rings. The Kier molecular flexibility index (Phi) is 3.16. The standard InChI is InChI=1S/C13H24O/c1-2-6-12(14)11-7-5-10-13(11)8-3-4-9-13/h11-12,14H,2-10H2,1H3. The SMILES string of the molecule is CCCC(O)C1CCCC12CCCC2. The van der Waals surface area contributed by atoms with E-state index in [2.05, 4.69) is 6.92 Å². The van der Waals surface area contributed by atoms with Crippen LogP contribution in [0.3, 0.4) is 0 Å². The van der Waals surface area contributed by atoms with E-state index in [9.17, 15) is 5.11 Å². The number of aliphatic hydroxyl groups is 1. The monoisotopic (exact) mass is 196 g/mol. The molecule has 0 bridgehead atoms. The Morgan fingerprint density at radius 2 is 1.86 bits per heavy atom. The molecule has 1 nitrogen and oxygen atoms in total. The maximum Gasteiger partial charge on any atom is 0.0573 e. The van der Waals surface area contributed by atoms with Crippen molar-refractivity contribution < 1.29 is 5.11 Å². The first kappa shape index (κ1) is 10.5. The normalized spacial score (nSPS) is 32.6. The second-order valence-corrected chi connectivity index (χ2v) is 5.42. The summed E-state index contributed by atoms with van der Waals surface area (Å²) >= 11 is 0. The van der Waals surface area contributed by atoms with Gasteiger partial charge >= 0.3 is 0 Å². The van der Waals surface area contributed by atoms with Gasteiger partial charge in [0.05, 0.1) is 6.10 Å². The van der Waals surface area contributed by atoms with Gasteiger partial charge in [-0.1, -0.05) is 32.6 Å². The van der Waals surface area contributed by atoms with Crippen molar-refractivity contribution in [3.05, 3.63) is 0 Å². The molecule has 1 N–H and O–H groups in total. The van der Waals surface area contributed by atoms with Crippen LogP contribution in [0.2, 0.25) is 0 Å². The lowest BCUT2D eigenvalue weighted by molar-refractivity contribution is 0.0329. The Morgan fingerprint density at radius 1 is 1.21 bits per heavy atom. The zero-order chi connectivity index (χ0) is 10.0. The summed E-state index contributed by atoms with van der Waals surface area (Å²) in [6.07, 6.45) is 11.8. The van der Waals surface area contributed by atoms with E-state index in [0.717, 1.165) is 12.8 Å². The van der Waals surface area contributed by atoms with Crippen molar-refractivity contribution >= 4 is 0 Å². The predicted octanol–water partition coefficient (Wildman–Crippen LogP) is 3.51. The molecule has 1 heteroatoms. The topological polar surface area (TPSA) is 20.2 Å². The largest absolute Gasteiger partial charge is 0.393 e. The quantitative estimate of drug-likeness (QED) is 0.732. The molecule has 0 heterocycles. The molecular weight excluding hydrogens is 172 g/mol. The molecule has 0 saturated heterocycles. The van der Waals surface area contributed by atoms with E-state index in [1.807, 2.05) is 0 Å². The van der Waals surface area contributed by atoms with Gasteiger partial charge in [0.15, 0.2) is 0 Å². The van der Waals surface area contributed by atoms with Crippen LogP contribution < -0.4 is 0 Å². The molecule has 2 rings (SSSR count). The van der Waals surface area contributed by atoms with Crippen LogP contribution in [0.25, 0.3) is 0 Å². The van der Waals surface area contributed by atoms with E-state index in [-0.39, 0.29) is 6.10 Å². The van der Waals surface area contributed by atoms with Crippen molar-refractivity contribution in [1.82, 2.24) is 0 Å². The average molecular weight is 196 g/mol. The summed E-state index contributed by atoms with van der Waals surface area (Å²) in [5.41, 5.74) is 0.578. The minimum atomic E-state index is 0.000556. The lowest BCUT2D eigenvalue weighted by atomic mass is 9.73. The number of hydrogen-bond donors (Lipinski definition) is 1. The van der Waals surface area contributed by atoms with Crippen molar-refractivity contribution in [2.24, 2.45) is 11.3 Å². The van der Waals surface area contributed by atoms with Gasteiger partial charge in [0, 0.05) is 0 Å². The molecule has 0 amide bonds. The van der Waals surface area contributed by atoms with Crippen LogP contribution in [0.4, 0.5) is 0 Å². The Labute approximate surface area is 87.9 Å². The lowest BCUT2D eigenvalue weighted by Gasteiger charge is -2.34. The first-order chi connectivity index (χ1) is 6.78. The fraction of sp³-hybridized carbons (Fsp3) is 1.00. The van der Waals surface area contributed by atoms with Crippen LogP contribution in [-0.4, -0.2) is 11.2 Å². The van der Waals surface area contributed by atoms with Crippen LogP contribution in [-0.2, 0) is 0 Å². The van der Waals surface area contributed by atoms with Crippen LogP contribution in [0.1, 0.15) is 64.7 Å². The second-order valence-electron chi connectivity index (χ2n) is 5.42. The van der Waals surface area contributed by atoms with E-state index < -0.39 is 0 Å². The van der Waals surface area contributed by atoms with Crippen LogP contribution >= 0.6 is 0 Å². The number of hydrogen-bond acceptors (Lipinski definition) is 1. The summed E-state index contributed by atoms with van der Waals surface area (Å²) in [5, 5.41) is 10.2. The fourth-order valence-corrected chi connectivity index (χ4v) is 3.96. The molecule has 2 aliphatic carbocycles. The third-order valence-corrected chi connectivity index (χ3v) is 4.62. The molecular formula is C13H24O. The Bertz CT molecular complexity index is 176. The van der Waals surface area contributed by atoms with Gasteiger partial charge in [-0.15, -0.1) is 0 Å². The first-order valence-corrected chi connectivity index (χ1v) is 6.46. The zero-order valence-electron chi connectivity index (χ0n) is 9.47. The van der Waals surface area contributed by atoms with Crippen molar-refractivity contribution in [3.8, 4) is 0 Å². The molecule has 0 aromatic rings. The van der Waals surface area contributed by atoms with Gasteiger partial charge < -0.3 is 5.11 Å². The van der Waals surface area contributed by atoms with Gasteiger partial charge in [-0.2, -0.15) is 0 Å². The summed E-state index contributed by atoms with van der Waals surface area (Å²) in [6.45, 7) is 2.18. The zero-order valence-corrected chi connectivity index (χ0v) is 9.47. The third kappa shape index (κ3) is 1.71. The van der Waals surface area contributed by atoms with Crippen molar-refractivity contribution in [2.45, 2.75) is 70.8 Å². The molecule has 2 aliphatic rings. The molecule has 82 valence electrons. The molecule has 2 unspecified atom stereocenters. The predicted molar refractivity (Wildman–Crippen MR) is 59.2 cm³/mol. The van der Waals surface area contributed by atoms with Gasteiger partial charge in [0.2, 0.25) is 0 Å². The van der Waals surface area contributed by atoms with Gasteiger partial charge in [0.25, 0.3) is 0 Å². The first-order valence-electron chi connectivity index (χ1n) is 6.46. The van der Waals surface area contributed by atoms with E-state index in [0.29, 0.717) is 11.3 Å². The average Bonchev–Trinajstić information content (AvgIpc) is 2.78. The number of rotatable bonds is 3. The summed E-state index contributed by atoms with van der Waals surface area (Å²) < 4.78 is 0. The minimum absolute atomic E-state index is 0.000556. The number of aliphatic hydroxyl groups excluding tert-OH is 1. The third-order valence-electron chi connectivity index (χ3n) is 4.62. The minimum Gasteiger partial charge on any atom is -0.393 e. The summed E-state index contributed by atoms with van der Waals surface area (Å²) in [5.74, 6) is 0.643. The summed E-state index contributed by atoms with van der Waals surface area (Å²) in [6, 6.07) is 0. The van der Waals surface area contributed by atoms with Gasteiger partial charge in [-0.25, -0.2) is 0 Å².